The zero-order valence-electron chi connectivity index (χ0n) is 11.5. The summed E-state index contributed by atoms with van der Waals surface area (Å²) >= 11 is 0. The second-order valence-corrected chi connectivity index (χ2v) is 5.08. The van der Waals surface area contributed by atoms with Crippen molar-refractivity contribution in [1.82, 2.24) is 0 Å². The number of nitrogens with one attached hydrogen (secondary N) is 1. The van der Waals surface area contributed by atoms with Crippen LogP contribution in [0.4, 0.5) is 5.69 Å². The van der Waals surface area contributed by atoms with Crippen LogP contribution in [0.2, 0.25) is 0 Å². The molecule has 1 aromatic rings. The van der Waals surface area contributed by atoms with Gasteiger partial charge in [0.25, 0.3) is 5.91 Å². The Morgan fingerprint density at radius 3 is 2.55 bits per heavy atom. The molecule has 1 saturated carbocycles. The van der Waals surface area contributed by atoms with Gasteiger partial charge in [-0.05, 0) is 31.4 Å². The number of Topliss-reactive ketones (excluding diaryl/α,β-unsaturated/α-hetero) is 1. The summed E-state index contributed by atoms with van der Waals surface area (Å²) in [6.07, 6.45) is 0.827. The number of carbonyl (C=O) groups is 3. The summed E-state index contributed by atoms with van der Waals surface area (Å²) < 4.78 is 4.93. The number of hydrogen-bond acceptors (Lipinski definition) is 4. The molecule has 1 N–H and O–H groups in total. The number of anilines is 1. The predicted octanol–water partition coefficient (Wildman–Crippen LogP) is 2.03. The smallest absolute Gasteiger partial charge is 0.309 e. The summed E-state index contributed by atoms with van der Waals surface area (Å²) in [7, 11) is 0. The lowest BCUT2D eigenvalue weighted by molar-refractivity contribution is -0.148. The Balaban J connectivity index is 1.88. The average Bonchev–Trinajstić information content (AvgIpc) is 3.13. The van der Waals surface area contributed by atoms with E-state index in [-0.39, 0.29) is 24.3 Å². The van der Waals surface area contributed by atoms with Gasteiger partial charge in [-0.2, -0.15) is 0 Å². The maximum Gasteiger partial charge on any atom is 0.309 e. The average molecular weight is 275 g/mol. The van der Waals surface area contributed by atoms with Crippen LogP contribution >= 0.6 is 0 Å². The van der Waals surface area contributed by atoms with Crippen molar-refractivity contribution < 1.29 is 19.1 Å². The van der Waals surface area contributed by atoms with Crippen LogP contribution in [0.25, 0.3) is 0 Å². The first-order chi connectivity index (χ1) is 9.49. The Hall–Kier alpha value is -2.17. The number of ketones is 1. The number of ether oxygens (including phenoxy) is 1. The van der Waals surface area contributed by atoms with Crippen LogP contribution in [0.5, 0.6) is 0 Å². The molecule has 0 bridgehead atoms. The summed E-state index contributed by atoms with van der Waals surface area (Å²) in [4.78, 5) is 34.6. The molecule has 0 heterocycles. The highest BCUT2D eigenvalue weighted by atomic mass is 16.5. The highest BCUT2D eigenvalue weighted by Crippen LogP contribution is 2.38. The Bertz CT molecular complexity index is 553. The minimum Gasteiger partial charge on any atom is -0.455 e. The van der Waals surface area contributed by atoms with Crippen LogP contribution in [0.1, 0.15) is 30.6 Å². The predicted molar refractivity (Wildman–Crippen MR) is 73.3 cm³/mol. The van der Waals surface area contributed by atoms with Crippen molar-refractivity contribution in [2.45, 2.75) is 20.3 Å². The Morgan fingerprint density at radius 2 is 1.95 bits per heavy atom. The molecule has 2 atom stereocenters. The molecule has 5 heteroatoms. The molecule has 0 unspecified atom stereocenters. The lowest BCUT2D eigenvalue weighted by atomic mass is 10.1. The molecule has 0 aliphatic heterocycles. The Morgan fingerprint density at radius 1 is 1.30 bits per heavy atom. The van der Waals surface area contributed by atoms with Crippen molar-refractivity contribution in [1.29, 1.82) is 0 Å². The first kappa shape index (κ1) is 14.2. The van der Waals surface area contributed by atoms with E-state index in [1.165, 1.54) is 6.92 Å². The van der Waals surface area contributed by atoms with Gasteiger partial charge in [0, 0.05) is 5.56 Å². The summed E-state index contributed by atoms with van der Waals surface area (Å²) in [5.74, 6) is -0.617. The Labute approximate surface area is 117 Å². The fraction of sp³-hybridized carbons (Fsp3) is 0.400. The number of benzene rings is 1. The molecular weight excluding hydrogens is 258 g/mol. The maximum atomic E-state index is 11.7. The minimum atomic E-state index is -0.444. The third-order valence-corrected chi connectivity index (χ3v) is 3.34. The molecule has 0 saturated heterocycles. The standard InChI is InChI=1S/C15H17NO4/c1-9-7-12(9)15(19)20-8-14(18)16-13-6-4-3-5-11(13)10(2)17/h3-6,9,12H,7-8H2,1-2H3,(H,16,18)/t9-,12-/m1/s1. The van der Waals surface area contributed by atoms with Gasteiger partial charge < -0.3 is 10.1 Å². The van der Waals surface area contributed by atoms with E-state index in [2.05, 4.69) is 5.32 Å². The number of amides is 1. The quantitative estimate of drug-likeness (QED) is 0.659. The summed E-state index contributed by atoms with van der Waals surface area (Å²) in [6.45, 7) is 3.07. The van der Waals surface area contributed by atoms with E-state index < -0.39 is 5.91 Å². The van der Waals surface area contributed by atoms with Crippen molar-refractivity contribution in [3.8, 4) is 0 Å². The van der Waals surface area contributed by atoms with Crippen molar-refractivity contribution in [2.75, 3.05) is 11.9 Å². The fourth-order valence-corrected chi connectivity index (χ4v) is 1.98. The van der Waals surface area contributed by atoms with Crippen molar-refractivity contribution in [3.63, 3.8) is 0 Å². The number of para-hydroxylation sites is 1. The van der Waals surface area contributed by atoms with E-state index >= 15 is 0 Å². The van der Waals surface area contributed by atoms with Crippen LogP contribution in [0, 0.1) is 11.8 Å². The van der Waals surface area contributed by atoms with Gasteiger partial charge >= 0.3 is 5.97 Å². The van der Waals surface area contributed by atoms with Crippen LogP contribution in [0.15, 0.2) is 24.3 Å². The van der Waals surface area contributed by atoms with E-state index in [1.54, 1.807) is 24.3 Å². The van der Waals surface area contributed by atoms with E-state index in [0.717, 1.165) is 6.42 Å². The molecule has 1 amide bonds. The zero-order valence-corrected chi connectivity index (χ0v) is 11.5. The largest absolute Gasteiger partial charge is 0.455 e. The molecule has 1 fully saturated rings. The van der Waals surface area contributed by atoms with Gasteiger partial charge in [-0.25, -0.2) is 0 Å². The fourth-order valence-electron chi connectivity index (χ4n) is 1.98. The SMILES string of the molecule is CC(=O)c1ccccc1NC(=O)COC(=O)[C@@H]1C[C@H]1C. The van der Waals surface area contributed by atoms with Crippen LogP contribution < -0.4 is 5.32 Å². The maximum absolute atomic E-state index is 11.7. The van der Waals surface area contributed by atoms with Gasteiger partial charge in [-0.15, -0.1) is 0 Å². The molecule has 106 valence electrons. The Kier molecular flexibility index (Phi) is 4.17. The van der Waals surface area contributed by atoms with Gasteiger partial charge in [-0.3, -0.25) is 14.4 Å². The zero-order chi connectivity index (χ0) is 14.7. The topological polar surface area (TPSA) is 72.5 Å². The lowest BCUT2D eigenvalue weighted by Gasteiger charge is -2.09. The van der Waals surface area contributed by atoms with Crippen LogP contribution in [0.3, 0.4) is 0 Å². The van der Waals surface area contributed by atoms with Gasteiger partial charge in [0.1, 0.15) is 0 Å². The third-order valence-electron chi connectivity index (χ3n) is 3.34. The highest BCUT2D eigenvalue weighted by Gasteiger charge is 2.40. The summed E-state index contributed by atoms with van der Waals surface area (Å²) in [5, 5.41) is 2.58. The normalized spacial score (nSPS) is 20.1. The number of rotatable bonds is 5. The van der Waals surface area contributed by atoms with E-state index in [4.69, 9.17) is 4.74 Å². The van der Waals surface area contributed by atoms with E-state index in [1.807, 2.05) is 6.92 Å². The second kappa shape index (κ2) is 5.86. The number of carbonyl (C=O) groups excluding carboxylic acids is 3. The summed E-state index contributed by atoms with van der Waals surface area (Å²) in [6, 6.07) is 6.72. The van der Waals surface area contributed by atoms with Gasteiger partial charge in [-0.1, -0.05) is 19.1 Å². The third kappa shape index (κ3) is 3.44. The number of hydrogen-bond donors (Lipinski definition) is 1. The molecule has 1 aromatic carbocycles. The van der Waals surface area contributed by atoms with Crippen LogP contribution in [-0.4, -0.2) is 24.3 Å². The first-order valence-electron chi connectivity index (χ1n) is 6.55. The molecule has 0 radical (unpaired) electrons. The van der Waals surface area contributed by atoms with E-state index in [0.29, 0.717) is 17.2 Å². The van der Waals surface area contributed by atoms with Gasteiger partial charge in [0.05, 0.1) is 11.6 Å². The molecule has 0 aromatic heterocycles. The molecule has 1 aliphatic carbocycles. The summed E-state index contributed by atoms with van der Waals surface area (Å²) in [5.41, 5.74) is 0.865. The molecule has 0 spiro atoms. The minimum absolute atomic E-state index is 0.0627. The van der Waals surface area contributed by atoms with Crippen molar-refractivity contribution in [3.05, 3.63) is 29.8 Å². The van der Waals surface area contributed by atoms with Crippen molar-refractivity contribution >= 4 is 23.3 Å². The van der Waals surface area contributed by atoms with Crippen LogP contribution in [-0.2, 0) is 14.3 Å². The van der Waals surface area contributed by atoms with Gasteiger partial charge in [0.2, 0.25) is 0 Å². The number of esters is 1. The molecule has 5 nitrogen and oxygen atoms in total. The van der Waals surface area contributed by atoms with Gasteiger partial charge in [0.15, 0.2) is 12.4 Å². The second-order valence-electron chi connectivity index (χ2n) is 5.08. The van der Waals surface area contributed by atoms with Crippen molar-refractivity contribution in [2.24, 2.45) is 11.8 Å². The monoisotopic (exact) mass is 275 g/mol. The first-order valence-corrected chi connectivity index (χ1v) is 6.55. The lowest BCUT2D eigenvalue weighted by Crippen LogP contribution is -2.22. The highest BCUT2D eigenvalue weighted by molar-refractivity contribution is 6.04. The molecule has 20 heavy (non-hydrogen) atoms. The molecule has 1 aliphatic rings. The van der Waals surface area contributed by atoms with E-state index in [9.17, 15) is 14.4 Å². The molecule has 2 rings (SSSR count). The molecular formula is C15H17NO4.